The van der Waals surface area contributed by atoms with Gasteiger partial charge in [0.2, 0.25) is 0 Å². The molecule has 1 aromatic carbocycles. The summed E-state index contributed by atoms with van der Waals surface area (Å²) in [4.78, 5) is 11.0. The van der Waals surface area contributed by atoms with Gasteiger partial charge in [-0.3, -0.25) is 4.79 Å². The van der Waals surface area contributed by atoms with E-state index in [1.54, 1.807) is 6.92 Å². The third kappa shape index (κ3) is 2.20. The zero-order chi connectivity index (χ0) is 12.6. The van der Waals surface area contributed by atoms with E-state index in [0.717, 1.165) is 16.7 Å². The second-order valence-corrected chi connectivity index (χ2v) is 5.05. The molecule has 0 heterocycles. The van der Waals surface area contributed by atoms with E-state index in [1.807, 2.05) is 25.1 Å². The predicted octanol–water partition coefficient (Wildman–Crippen LogP) is 2.10. The minimum Gasteiger partial charge on any atom is -0.481 e. The van der Waals surface area contributed by atoms with Crippen LogP contribution in [0, 0.1) is 5.92 Å². The molecule has 2 unspecified atom stereocenters. The molecule has 2 rings (SSSR count). The van der Waals surface area contributed by atoms with Crippen molar-refractivity contribution in [3.8, 4) is 0 Å². The van der Waals surface area contributed by atoms with Crippen LogP contribution in [0.1, 0.15) is 37.0 Å². The Balaban J connectivity index is 2.30. The van der Waals surface area contributed by atoms with Crippen LogP contribution in [0.4, 0.5) is 0 Å². The Hall–Kier alpha value is -1.35. The molecule has 17 heavy (non-hydrogen) atoms. The first-order chi connectivity index (χ1) is 7.94. The quantitative estimate of drug-likeness (QED) is 0.842. The molecule has 0 saturated carbocycles. The normalized spacial score (nSPS) is 21.9. The summed E-state index contributed by atoms with van der Waals surface area (Å²) < 4.78 is 0. The summed E-state index contributed by atoms with van der Waals surface area (Å²) in [7, 11) is 0. The predicted molar refractivity (Wildman–Crippen MR) is 64.8 cm³/mol. The maximum Gasteiger partial charge on any atom is 0.307 e. The molecule has 1 aliphatic carbocycles. The maximum absolute atomic E-state index is 11.0. The number of fused-ring (bicyclic) bond motifs is 1. The van der Waals surface area contributed by atoms with Gasteiger partial charge in [0.25, 0.3) is 0 Å². The standard InChI is InChI=1S/C14H18O3/c1-3-14(2,17)12-5-4-9-6-11(13(15)16)7-10(9)8-12/h4-5,8,11,17H,3,6-7H2,1-2H3,(H,15,16). The van der Waals surface area contributed by atoms with Crippen LogP contribution in [0.5, 0.6) is 0 Å². The van der Waals surface area contributed by atoms with Crippen LogP contribution in [-0.2, 0) is 23.2 Å². The fraction of sp³-hybridized carbons (Fsp3) is 0.500. The van der Waals surface area contributed by atoms with Crippen molar-refractivity contribution in [3.05, 3.63) is 34.9 Å². The Morgan fingerprint density at radius 1 is 1.41 bits per heavy atom. The van der Waals surface area contributed by atoms with Crippen LogP contribution in [-0.4, -0.2) is 16.2 Å². The summed E-state index contributed by atoms with van der Waals surface area (Å²) in [5.74, 6) is -1.03. The molecule has 3 heteroatoms. The van der Waals surface area contributed by atoms with Gasteiger partial charge < -0.3 is 10.2 Å². The summed E-state index contributed by atoms with van der Waals surface area (Å²) in [5, 5.41) is 19.2. The van der Waals surface area contributed by atoms with Crippen molar-refractivity contribution >= 4 is 5.97 Å². The van der Waals surface area contributed by atoms with Crippen LogP contribution in [0.2, 0.25) is 0 Å². The lowest BCUT2D eigenvalue weighted by Crippen LogP contribution is -2.19. The molecule has 0 fully saturated rings. The second kappa shape index (κ2) is 4.15. The highest BCUT2D eigenvalue weighted by Gasteiger charge is 2.29. The average molecular weight is 234 g/mol. The minimum absolute atomic E-state index is 0.299. The molecule has 0 radical (unpaired) electrons. The minimum atomic E-state index is -0.823. The largest absolute Gasteiger partial charge is 0.481 e. The number of aliphatic hydroxyl groups is 1. The molecule has 0 aromatic heterocycles. The van der Waals surface area contributed by atoms with Crippen LogP contribution < -0.4 is 0 Å². The molecule has 2 N–H and O–H groups in total. The van der Waals surface area contributed by atoms with Crippen molar-refractivity contribution in [2.24, 2.45) is 5.92 Å². The highest BCUT2D eigenvalue weighted by Crippen LogP contribution is 2.32. The highest BCUT2D eigenvalue weighted by molar-refractivity contribution is 5.72. The number of carboxylic acid groups (broad SMARTS) is 1. The van der Waals surface area contributed by atoms with E-state index >= 15 is 0 Å². The SMILES string of the molecule is CCC(C)(O)c1ccc2c(c1)CC(C(=O)O)C2. The van der Waals surface area contributed by atoms with Gasteiger partial charge in [-0.15, -0.1) is 0 Å². The summed E-state index contributed by atoms with van der Waals surface area (Å²) in [5.41, 5.74) is 2.23. The van der Waals surface area contributed by atoms with Crippen molar-refractivity contribution in [3.63, 3.8) is 0 Å². The Morgan fingerprint density at radius 3 is 2.65 bits per heavy atom. The number of carbonyl (C=O) groups is 1. The van der Waals surface area contributed by atoms with Gasteiger partial charge in [-0.2, -0.15) is 0 Å². The topological polar surface area (TPSA) is 57.5 Å². The van der Waals surface area contributed by atoms with E-state index in [9.17, 15) is 9.90 Å². The zero-order valence-corrected chi connectivity index (χ0v) is 10.2. The maximum atomic E-state index is 11.0. The van der Waals surface area contributed by atoms with E-state index in [-0.39, 0.29) is 5.92 Å². The van der Waals surface area contributed by atoms with E-state index in [1.165, 1.54) is 0 Å². The van der Waals surface area contributed by atoms with Gasteiger partial charge >= 0.3 is 5.97 Å². The van der Waals surface area contributed by atoms with Gasteiger partial charge in [-0.25, -0.2) is 0 Å². The van der Waals surface area contributed by atoms with Gasteiger partial charge in [0.05, 0.1) is 11.5 Å². The zero-order valence-electron chi connectivity index (χ0n) is 10.2. The summed E-state index contributed by atoms with van der Waals surface area (Å²) in [6.07, 6.45) is 1.84. The summed E-state index contributed by atoms with van der Waals surface area (Å²) in [6, 6.07) is 5.83. The van der Waals surface area contributed by atoms with E-state index < -0.39 is 11.6 Å². The smallest absolute Gasteiger partial charge is 0.307 e. The molecule has 2 atom stereocenters. The van der Waals surface area contributed by atoms with Crippen molar-refractivity contribution in [2.75, 3.05) is 0 Å². The molecule has 92 valence electrons. The number of rotatable bonds is 3. The Morgan fingerprint density at radius 2 is 2.06 bits per heavy atom. The molecule has 1 aliphatic rings. The third-order valence-electron chi connectivity index (χ3n) is 3.80. The number of hydrogen-bond donors (Lipinski definition) is 2. The first-order valence-corrected chi connectivity index (χ1v) is 6.01. The Bertz CT molecular complexity index is 449. The molecule has 0 saturated heterocycles. The van der Waals surface area contributed by atoms with Gasteiger partial charge in [0.15, 0.2) is 0 Å². The molecular weight excluding hydrogens is 216 g/mol. The Labute approximate surface area is 101 Å². The summed E-state index contributed by atoms with van der Waals surface area (Å²) in [6.45, 7) is 3.73. The molecular formula is C14H18O3. The van der Waals surface area contributed by atoms with Crippen LogP contribution in [0.15, 0.2) is 18.2 Å². The van der Waals surface area contributed by atoms with Crippen LogP contribution in [0.3, 0.4) is 0 Å². The number of benzene rings is 1. The van der Waals surface area contributed by atoms with Crippen molar-refractivity contribution in [1.82, 2.24) is 0 Å². The van der Waals surface area contributed by atoms with E-state index in [2.05, 4.69) is 0 Å². The van der Waals surface area contributed by atoms with Crippen molar-refractivity contribution in [1.29, 1.82) is 0 Å². The number of hydrogen-bond acceptors (Lipinski definition) is 2. The van der Waals surface area contributed by atoms with Crippen LogP contribution in [0.25, 0.3) is 0 Å². The second-order valence-electron chi connectivity index (χ2n) is 5.05. The average Bonchev–Trinajstić information content (AvgIpc) is 2.71. The van der Waals surface area contributed by atoms with E-state index in [4.69, 9.17) is 5.11 Å². The molecule has 0 bridgehead atoms. The molecule has 1 aromatic rings. The fourth-order valence-electron chi connectivity index (χ4n) is 2.33. The first kappa shape index (κ1) is 12.1. The Kier molecular flexibility index (Phi) is 2.96. The summed E-state index contributed by atoms with van der Waals surface area (Å²) >= 11 is 0. The van der Waals surface area contributed by atoms with Crippen molar-refractivity contribution in [2.45, 2.75) is 38.7 Å². The molecule has 3 nitrogen and oxygen atoms in total. The molecule has 0 aliphatic heterocycles. The molecule has 0 amide bonds. The lowest BCUT2D eigenvalue weighted by molar-refractivity contribution is -0.141. The van der Waals surface area contributed by atoms with Gasteiger partial charge in [-0.05, 0) is 42.9 Å². The monoisotopic (exact) mass is 234 g/mol. The molecule has 0 spiro atoms. The van der Waals surface area contributed by atoms with Gasteiger partial charge in [-0.1, -0.05) is 25.1 Å². The first-order valence-electron chi connectivity index (χ1n) is 6.01. The number of aliphatic carboxylic acids is 1. The highest BCUT2D eigenvalue weighted by atomic mass is 16.4. The third-order valence-corrected chi connectivity index (χ3v) is 3.80. The number of carboxylic acids is 1. The van der Waals surface area contributed by atoms with Gasteiger partial charge in [0, 0.05) is 0 Å². The lowest BCUT2D eigenvalue weighted by Gasteiger charge is -2.22. The lowest BCUT2D eigenvalue weighted by atomic mass is 9.91. The fourth-order valence-corrected chi connectivity index (χ4v) is 2.33. The van der Waals surface area contributed by atoms with Crippen molar-refractivity contribution < 1.29 is 15.0 Å². The van der Waals surface area contributed by atoms with Crippen LogP contribution >= 0.6 is 0 Å². The van der Waals surface area contributed by atoms with E-state index in [0.29, 0.717) is 19.3 Å². The van der Waals surface area contributed by atoms with Gasteiger partial charge in [0.1, 0.15) is 0 Å².